The summed E-state index contributed by atoms with van der Waals surface area (Å²) in [6, 6.07) is 0. The number of hydrogen-bond acceptors (Lipinski definition) is 2. The molecule has 1 amide bonds. The molecule has 1 fully saturated rings. The van der Waals surface area contributed by atoms with Crippen LogP contribution in [0.5, 0.6) is 0 Å². The number of piperazine rings is 1. The van der Waals surface area contributed by atoms with Crippen LogP contribution in [0, 0.1) is 0 Å². The molecule has 1 aliphatic heterocycles. The lowest BCUT2D eigenvalue weighted by Crippen LogP contribution is -2.59. The van der Waals surface area contributed by atoms with Crippen molar-refractivity contribution in [1.29, 1.82) is 0 Å². The number of nitrogens with one attached hydrogen (secondary N) is 1. The van der Waals surface area contributed by atoms with Crippen LogP contribution in [0.1, 0.15) is 46.5 Å². The molecule has 1 N–H and O–H groups in total. The summed E-state index contributed by atoms with van der Waals surface area (Å²) in [5, 5.41) is 3.33. The summed E-state index contributed by atoms with van der Waals surface area (Å²) in [6.45, 7) is 9.14. The van der Waals surface area contributed by atoms with Crippen molar-refractivity contribution >= 4 is 5.91 Å². The second-order valence-electron chi connectivity index (χ2n) is 4.99. The Labute approximate surface area is 93.2 Å². The second-order valence-corrected chi connectivity index (χ2v) is 4.99. The number of nitrogens with zero attached hydrogens (tertiary/aromatic N) is 1. The average Bonchev–Trinajstić information content (AvgIpc) is 2.17. The van der Waals surface area contributed by atoms with Gasteiger partial charge < -0.3 is 10.2 Å². The summed E-state index contributed by atoms with van der Waals surface area (Å²) in [7, 11) is 0. The molecule has 3 heteroatoms. The third-order valence-electron chi connectivity index (χ3n) is 3.10. The van der Waals surface area contributed by atoms with Crippen LogP contribution in [0.2, 0.25) is 0 Å². The highest BCUT2D eigenvalue weighted by Gasteiger charge is 2.32. The first-order valence-electron chi connectivity index (χ1n) is 6.09. The lowest BCUT2D eigenvalue weighted by atomic mass is 9.99. The average molecular weight is 212 g/mol. The van der Waals surface area contributed by atoms with E-state index in [0.717, 1.165) is 38.9 Å². The van der Waals surface area contributed by atoms with Gasteiger partial charge in [0.2, 0.25) is 5.91 Å². The topological polar surface area (TPSA) is 32.3 Å². The molecule has 0 saturated carbocycles. The summed E-state index contributed by atoms with van der Waals surface area (Å²) < 4.78 is 0. The van der Waals surface area contributed by atoms with Crippen LogP contribution in [0.4, 0.5) is 0 Å². The molecular formula is C12H24N2O. The van der Waals surface area contributed by atoms with E-state index in [1.807, 2.05) is 4.90 Å². The van der Waals surface area contributed by atoms with Gasteiger partial charge in [0.1, 0.15) is 0 Å². The summed E-state index contributed by atoms with van der Waals surface area (Å²) in [5.74, 6) is 0.329. The van der Waals surface area contributed by atoms with Gasteiger partial charge in [0.25, 0.3) is 0 Å². The largest absolute Gasteiger partial charge is 0.335 e. The zero-order valence-electron chi connectivity index (χ0n) is 10.3. The Kier molecular flexibility index (Phi) is 4.58. The Bertz CT molecular complexity index is 214. The van der Waals surface area contributed by atoms with Crippen LogP contribution >= 0.6 is 0 Å². The van der Waals surface area contributed by atoms with Crippen molar-refractivity contribution < 1.29 is 4.79 Å². The summed E-state index contributed by atoms with van der Waals surface area (Å²) in [6.07, 6.45) is 4.10. The lowest BCUT2D eigenvalue weighted by molar-refractivity contribution is -0.137. The summed E-state index contributed by atoms with van der Waals surface area (Å²) in [5.41, 5.74) is -0.0124. The molecule has 0 spiro atoms. The smallest absolute Gasteiger partial charge is 0.223 e. The van der Waals surface area contributed by atoms with E-state index in [0.29, 0.717) is 5.91 Å². The molecule has 1 heterocycles. The number of carbonyl (C=O) groups is 1. The zero-order chi connectivity index (χ0) is 11.3. The monoisotopic (exact) mass is 212 g/mol. The molecule has 0 radical (unpaired) electrons. The summed E-state index contributed by atoms with van der Waals surface area (Å²) in [4.78, 5) is 14.0. The molecule has 1 aliphatic rings. The minimum Gasteiger partial charge on any atom is -0.335 e. The molecule has 0 aromatic rings. The molecule has 88 valence electrons. The van der Waals surface area contributed by atoms with Gasteiger partial charge >= 0.3 is 0 Å². The highest BCUT2D eigenvalue weighted by atomic mass is 16.2. The van der Waals surface area contributed by atoms with E-state index >= 15 is 0 Å². The van der Waals surface area contributed by atoms with E-state index in [-0.39, 0.29) is 5.54 Å². The minimum atomic E-state index is -0.0124. The van der Waals surface area contributed by atoms with Crippen molar-refractivity contribution in [2.75, 3.05) is 19.6 Å². The Balaban J connectivity index is 2.42. The van der Waals surface area contributed by atoms with Crippen LogP contribution in [0.15, 0.2) is 0 Å². The Morgan fingerprint density at radius 3 is 2.73 bits per heavy atom. The Morgan fingerprint density at radius 1 is 1.40 bits per heavy atom. The Hall–Kier alpha value is -0.570. The van der Waals surface area contributed by atoms with Crippen molar-refractivity contribution in [1.82, 2.24) is 10.2 Å². The number of unbranched alkanes of at least 4 members (excludes halogenated alkanes) is 2. The third-order valence-corrected chi connectivity index (χ3v) is 3.10. The molecule has 0 bridgehead atoms. The van der Waals surface area contributed by atoms with Gasteiger partial charge in [-0.15, -0.1) is 0 Å². The van der Waals surface area contributed by atoms with Crippen molar-refractivity contribution in [2.45, 2.75) is 52.0 Å². The number of rotatable bonds is 4. The fourth-order valence-corrected chi connectivity index (χ4v) is 2.11. The molecule has 15 heavy (non-hydrogen) atoms. The number of amides is 1. The van der Waals surface area contributed by atoms with Gasteiger partial charge in [-0.1, -0.05) is 19.8 Å². The maximum atomic E-state index is 12.0. The molecular weight excluding hydrogens is 188 g/mol. The quantitative estimate of drug-likeness (QED) is 0.720. The van der Waals surface area contributed by atoms with E-state index in [2.05, 4.69) is 26.1 Å². The first-order chi connectivity index (χ1) is 7.08. The lowest BCUT2D eigenvalue weighted by Gasteiger charge is -2.43. The molecule has 0 aromatic heterocycles. The highest BCUT2D eigenvalue weighted by molar-refractivity contribution is 5.77. The van der Waals surface area contributed by atoms with Crippen molar-refractivity contribution in [3.63, 3.8) is 0 Å². The van der Waals surface area contributed by atoms with Crippen LogP contribution < -0.4 is 5.32 Å². The molecule has 3 nitrogen and oxygen atoms in total. The van der Waals surface area contributed by atoms with Crippen LogP contribution in [0.25, 0.3) is 0 Å². The van der Waals surface area contributed by atoms with Crippen LogP contribution in [-0.2, 0) is 4.79 Å². The van der Waals surface area contributed by atoms with Crippen molar-refractivity contribution in [2.24, 2.45) is 0 Å². The summed E-state index contributed by atoms with van der Waals surface area (Å²) >= 11 is 0. The van der Waals surface area contributed by atoms with Gasteiger partial charge in [0.05, 0.1) is 0 Å². The minimum absolute atomic E-state index is 0.0124. The highest BCUT2D eigenvalue weighted by Crippen LogP contribution is 2.18. The molecule has 0 aromatic carbocycles. The van der Waals surface area contributed by atoms with Gasteiger partial charge in [-0.3, -0.25) is 4.79 Å². The van der Waals surface area contributed by atoms with Gasteiger partial charge in [-0.05, 0) is 20.3 Å². The standard InChI is InChI=1S/C12H24N2O/c1-4-5-6-7-11(15)14-9-8-13-10-12(14,2)3/h13H,4-10H2,1-3H3. The van der Waals surface area contributed by atoms with Crippen molar-refractivity contribution in [3.05, 3.63) is 0 Å². The second kappa shape index (κ2) is 5.50. The van der Waals surface area contributed by atoms with Crippen LogP contribution in [-0.4, -0.2) is 36.0 Å². The first kappa shape index (κ1) is 12.5. The van der Waals surface area contributed by atoms with Gasteiger partial charge in [0, 0.05) is 31.6 Å². The molecule has 1 saturated heterocycles. The van der Waals surface area contributed by atoms with Gasteiger partial charge in [-0.2, -0.15) is 0 Å². The fourth-order valence-electron chi connectivity index (χ4n) is 2.11. The predicted molar refractivity (Wildman–Crippen MR) is 62.8 cm³/mol. The normalized spacial score (nSPS) is 20.3. The van der Waals surface area contributed by atoms with E-state index in [1.165, 1.54) is 6.42 Å². The van der Waals surface area contributed by atoms with E-state index in [4.69, 9.17) is 0 Å². The predicted octanol–water partition coefficient (Wildman–Crippen LogP) is 1.78. The number of hydrogen-bond donors (Lipinski definition) is 1. The number of carbonyl (C=O) groups excluding carboxylic acids is 1. The van der Waals surface area contributed by atoms with Gasteiger partial charge in [-0.25, -0.2) is 0 Å². The maximum Gasteiger partial charge on any atom is 0.223 e. The molecule has 0 aliphatic carbocycles. The maximum absolute atomic E-state index is 12.0. The Morgan fingerprint density at radius 2 is 2.13 bits per heavy atom. The zero-order valence-corrected chi connectivity index (χ0v) is 10.3. The van der Waals surface area contributed by atoms with E-state index in [1.54, 1.807) is 0 Å². The fraction of sp³-hybridized carbons (Fsp3) is 0.917. The molecule has 0 atom stereocenters. The van der Waals surface area contributed by atoms with E-state index in [9.17, 15) is 4.79 Å². The van der Waals surface area contributed by atoms with Gasteiger partial charge in [0.15, 0.2) is 0 Å². The third kappa shape index (κ3) is 3.49. The van der Waals surface area contributed by atoms with Crippen LogP contribution in [0.3, 0.4) is 0 Å². The molecule has 0 unspecified atom stereocenters. The van der Waals surface area contributed by atoms with E-state index < -0.39 is 0 Å². The SMILES string of the molecule is CCCCCC(=O)N1CCNCC1(C)C. The first-order valence-corrected chi connectivity index (χ1v) is 6.09. The molecule has 1 rings (SSSR count). The van der Waals surface area contributed by atoms with Crippen molar-refractivity contribution in [3.8, 4) is 0 Å².